The van der Waals surface area contributed by atoms with Crippen molar-refractivity contribution < 1.29 is 4.92 Å². The van der Waals surface area contributed by atoms with E-state index in [2.05, 4.69) is 0 Å². The average Bonchev–Trinajstić information content (AvgIpc) is 2.43. The molecular formula is C12H3Cl6NO2. The van der Waals surface area contributed by atoms with Crippen molar-refractivity contribution in [1.29, 1.82) is 0 Å². The van der Waals surface area contributed by atoms with Gasteiger partial charge in [-0.2, -0.15) is 0 Å². The van der Waals surface area contributed by atoms with Crippen LogP contribution in [-0.2, 0) is 0 Å². The lowest BCUT2D eigenvalue weighted by atomic mass is 10.0. The predicted molar refractivity (Wildman–Crippen MR) is 88.6 cm³/mol. The Hall–Kier alpha value is -0.420. The first kappa shape index (κ1) is 16.9. The molecule has 9 heteroatoms. The lowest BCUT2D eigenvalue weighted by Gasteiger charge is -2.13. The molecule has 0 atom stereocenters. The molecule has 0 saturated heterocycles. The van der Waals surface area contributed by atoms with Gasteiger partial charge in [-0.25, -0.2) is 0 Å². The van der Waals surface area contributed by atoms with E-state index >= 15 is 0 Å². The van der Waals surface area contributed by atoms with E-state index in [0.29, 0.717) is 11.1 Å². The number of benzene rings is 2. The molecule has 0 amide bonds. The maximum atomic E-state index is 10.8. The quantitative estimate of drug-likeness (QED) is 0.230. The second kappa shape index (κ2) is 6.37. The van der Waals surface area contributed by atoms with Gasteiger partial charge in [0.05, 0.1) is 30.0 Å². The van der Waals surface area contributed by atoms with Crippen LogP contribution in [-0.4, -0.2) is 4.92 Å². The van der Waals surface area contributed by atoms with Crippen LogP contribution in [0, 0.1) is 10.1 Å². The highest BCUT2D eigenvalue weighted by molar-refractivity contribution is 6.56. The zero-order chi connectivity index (χ0) is 15.9. The maximum Gasteiger partial charge on any atom is 0.287 e. The lowest BCUT2D eigenvalue weighted by molar-refractivity contribution is -0.384. The average molecular weight is 406 g/mol. The van der Waals surface area contributed by atoms with E-state index in [1.807, 2.05) is 0 Å². The second-order valence-corrected chi connectivity index (χ2v) is 6.17. The van der Waals surface area contributed by atoms with Crippen LogP contribution in [0.3, 0.4) is 0 Å². The zero-order valence-electron chi connectivity index (χ0n) is 9.76. The molecule has 21 heavy (non-hydrogen) atoms. The number of hydrogen-bond donors (Lipinski definition) is 0. The van der Waals surface area contributed by atoms with Gasteiger partial charge in [-0.15, -0.1) is 0 Å². The minimum Gasteiger partial charge on any atom is -0.258 e. The molecule has 0 aliphatic rings. The van der Waals surface area contributed by atoms with Gasteiger partial charge in [0.2, 0.25) is 0 Å². The van der Waals surface area contributed by atoms with Gasteiger partial charge in [0, 0.05) is 11.6 Å². The molecule has 3 nitrogen and oxygen atoms in total. The highest BCUT2D eigenvalue weighted by Gasteiger charge is 2.22. The van der Waals surface area contributed by atoms with Crippen LogP contribution >= 0.6 is 69.6 Å². The smallest absolute Gasteiger partial charge is 0.258 e. The van der Waals surface area contributed by atoms with Crippen LogP contribution in [0.4, 0.5) is 5.69 Å². The Morgan fingerprint density at radius 3 is 1.71 bits per heavy atom. The molecule has 2 aromatic carbocycles. The van der Waals surface area contributed by atoms with E-state index in [1.54, 1.807) is 0 Å². The monoisotopic (exact) mass is 403 g/mol. The molecule has 0 radical (unpaired) electrons. The fourth-order valence-corrected chi connectivity index (χ4v) is 3.27. The fourth-order valence-electron chi connectivity index (χ4n) is 1.67. The van der Waals surface area contributed by atoms with E-state index in [1.165, 1.54) is 18.2 Å². The van der Waals surface area contributed by atoms with Gasteiger partial charge in [-0.3, -0.25) is 10.1 Å². The van der Waals surface area contributed by atoms with Crippen LogP contribution < -0.4 is 0 Å². The maximum absolute atomic E-state index is 10.8. The number of halogens is 6. The molecule has 0 unspecified atom stereocenters. The van der Waals surface area contributed by atoms with Crippen molar-refractivity contribution in [2.24, 2.45) is 0 Å². The van der Waals surface area contributed by atoms with Crippen molar-refractivity contribution in [3.05, 3.63) is 58.4 Å². The molecule has 2 aromatic rings. The van der Waals surface area contributed by atoms with E-state index in [9.17, 15) is 10.1 Å². The van der Waals surface area contributed by atoms with Gasteiger partial charge < -0.3 is 0 Å². The van der Waals surface area contributed by atoms with Crippen molar-refractivity contribution in [3.63, 3.8) is 0 Å². The third-order valence-corrected chi connectivity index (χ3v) is 5.22. The highest BCUT2D eigenvalue weighted by atomic mass is 35.5. The predicted octanol–water partition coefficient (Wildman–Crippen LogP) is 7.18. The van der Waals surface area contributed by atoms with E-state index < -0.39 is 4.92 Å². The van der Waals surface area contributed by atoms with Crippen LogP contribution in [0.15, 0.2) is 18.2 Å². The Kier molecular flexibility index (Phi) is 5.14. The number of nitro groups is 1. The first-order valence-corrected chi connectivity index (χ1v) is 7.48. The minimum atomic E-state index is -0.600. The Labute approximate surface area is 149 Å². The van der Waals surface area contributed by atoms with Gasteiger partial charge in [0.15, 0.2) is 0 Å². The van der Waals surface area contributed by atoms with E-state index in [4.69, 9.17) is 69.6 Å². The van der Waals surface area contributed by atoms with Gasteiger partial charge >= 0.3 is 0 Å². The summed E-state index contributed by atoms with van der Waals surface area (Å²) in [4.78, 5) is 10.2. The zero-order valence-corrected chi connectivity index (χ0v) is 14.3. The topological polar surface area (TPSA) is 43.1 Å². The summed E-state index contributed by atoms with van der Waals surface area (Å²) < 4.78 is 0. The van der Waals surface area contributed by atoms with E-state index in [-0.39, 0.29) is 35.8 Å². The number of nitrogens with zero attached hydrogens (tertiary/aromatic N) is 1. The molecule has 0 heterocycles. The van der Waals surface area contributed by atoms with Crippen LogP contribution in [0.5, 0.6) is 0 Å². The molecule has 0 spiro atoms. The summed E-state index contributed by atoms with van der Waals surface area (Å²) in [6, 6.07) is 4.03. The summed E-state index contributed by atoms with van der Waals surface area (Å²) >= 11 is 36.0. The third-order valence-electron chi connectivity index (χ3n) is 2.64. The lowest BCUT2D eigenvalue weighted by Crippen LogP contribution is -1.91. The molecule has 110 valence electrons. The van der Waals surface area contributed by atoms with Gasteiger partial charge in [0.25, 0.3) is 5.69 Å². The van der Waals surface area contributed by atoms with Crippen LogP contribution in [0.1, 0.15) is 0 Å². The first-order chi connectivity index (χ1) is 9.75. The fraction of sp³-hybridized carbons (Fsp3) is 0. The standard InChI is InChI=1S/C12H3Cl6NO2/c13-5-3-4(1-2-6(5)19(20)21)7-8(14)10(16)12(18)11(17)9(7)15/h1-3H. The molecule has 2 rings (SSSR count). The molecule has 0 saturated carbocycles. The van der Waals surface area contributed by atoms with Crippen LogP contribution in [0.2, 0.25) is 30.1 Å². The molecule has 0 aliphatic heterocycles. The van der Waals surface area contributed by atoms with Crippen molar-refractivity contribution in [1.82, 2.24) is 0 Å². The molecule has 0 fully saturated rings. The minimum absolute atomic E-state index is 0.0325. The second-order valence-electron chi connectivity index (χ2n) is 3.87. The summed E-state index contributed by atoms with van der Waals surface area (Å²) in [5, 5.41) is 11.0. The number of hydrogen-bond acceptors (Lipinski definition) is 2. The van der Waals surface area contributed by atoms with Crippen molar-refractivity contribution in [3.8, 4) is 11.1 Å². The summed E-state index contributed by atoms with van der Waals surface area (Å²) in [5.41, 5.74) is 0.495. The number of nitro benzene ring substituents is 1. The van der Waals surface area contributed by atoms with Gasteiger partial charge in [-0.05, 0) is 17.7 Å². The molecule has 0 bridgehead atoms. The summed E-state index contributed by atoms with van der Waals surface area (Å²) in [6.07, 6.45) is 0. The number of rotatable bonds is 2. The Balaban J connectivity index is 2.74. The van der Waals surface area contributed by atoms with Gasteiger partial charge in [0.1, 0.15) is 5.02 Å². The summed E-state index contributed by atoms with van der Waals surface area (Å²) in [6.45, 7) is 0. The SMILES string of the molecule is O=[N+]([O-])c1ccc(-c2c(Cl)c(Cl)c(Cl)c(Cl)c2Cl)cc1Cl. The molecule has 0 aliphatic carbocycles. The Morgan fingerprint density at radius 1 is 0.810 bits per heavy atom. The highest BCUT2D eigenvalue weighted by Crippen LogP contribution is 2.48. The first-order valence-electron chi connectivity index (χ1n) is 5.21. The van der Waals surface area contributed by atoms with Crippen molar-refractivity contribution >= 4 is 75.3 Å². The van der Waals surface area contributed by atoms with Crippen LogP contribution in [0.25, 0.3) is 11.1 Å². The molecule has 0 N–H and O–H groups in total. The summed E-state index contributed by atoms with van der Waals surface area (Å²) in [7, 11) is 0. The van der Waals surface area contributed by atoms with Crippen molar-refractivity contribution in [2.75, 3.05) is 0 Å². The van der Waals surface area contributed by atoms with Gasteiger partial charge in [-0.1, -0.05) is 69.6 Å². The normalized spacial score (nSPS) is 10.8. The van der Waals surface area contributed by atoms with Crippen molar-refractivity contribution in [2.45, 2.75) is 0 Å². The summed E-state index contributed by atoms with van der Waals surface area (Å²) in [5.74, 6) is 0. The molecular weight excluding hydrogens is 403 g/mol. The molecule has 0 aromatic heterocycles. The third kappa shape index (κ3) is 3.04. The Morgan fingerprint density at radius 2 is 1.29 bits per heavy atom. The van der Waals surface area contributed by atoms with E-state index in [0.717, 1.165) is 0 Å². The Bertz CT molecular complexity index is 733. The largest absolute Gasteiger partial charge is 0.287 e.